The van der Waals surface area contributed by atoms with Crippen molar-refractivity contribution in [2.24, 2.45) is 0 Å². The molecule has 4 nitrogen and oxygen atoms in total. The molecule has 0 fully saturated rings. The maximum atomic E-state index is 11.9. The number of pyridine rings is 1. The van der Waals surface area contributed by atoms with Gasteiger partial charge in [0.25, 0.3) is 5.91 Å². The van der Waals surface area contributed by atoms with E-state index in [1.807, 2.05) is 18.2 Å². The van der Waals surface area contributed by atoms with Crippen molar-refractivity contribution in [1.29, 1.82) is 0 Å². The van der Waals surface area contributed by atoms with Crippen LogP contribution in [0, 0.1) is 0 Å². The lowest BCUT2D eigenvalue weighted by atomic mass is 10.2. The molecule has 0 saturated carbocycles. The molecule has 1 aromatic carbocycles. The second-order valence-corrected chi connectivity index (χ2v) is 4.26. The van der Waals surface area contributed by atoms with Gasteiger partial charge in [0.05, 0.1) is 24.4 Å². The van der Waals surface area contributed by atoms with Gasteiger partial charge < -0.3 is 10.1 Å². The molecule has 0 saturated heterocycles. The van der Waals surface area contributed by atoms with E-state index >= 15 is 0 Å². The first-order chi connectivity index (χ1) is 9.20. The van der Waals surface area contributed by atoms with Gasteiger partial charge in [0.15, 0.2) is 0 Å². The monoisotopic (exact) mass is 276 g/mol. The normalized spacial score (nSPS) is 10.0. The van der Waals surface area contributed by atoms with E-state index in [1.165, 1.54) is 7.11 Å². The second-order valence-electron chi connectivity index (χ2n) is 3.85. The van der Waals surface area contributed by atoms with Crippen molar-refractivity contribution < 1.29 is 9.53 Å². The molecule has 0 radical (unpaired) electrons. The molecule has 0 unspecified atom stereocenters. The Balaban J connectivity index is 2.02. The molecule has 5 heteroatoms. The van der Waals surface area contributed by atoms with E-state index < -0.39 is 0 Å². The van der Waals surface area contributed by atoms with Crippen LogP contribution >= 0.6 is 11.6 Å². The highest BCUT2D eigenvalue weighted by Gasteiger charge is 2.08. The Kier molecular flexibility index (Phi) is 4.36. The van der Waals surface area contributed by atoms with Crippen molar-refractivity contribution in [3.63, 3.8) is 0 Å². The molecule has 2 rings (SSSR count). The number of hydrogen-bond donors (Lipinski definition) is 1. The van der Waals surface area contributed by atoms with Crippen molar-refractivity contribution in [3.05, 3.63) is 58.9 Å². The Morgan fingerprint density at radius 2 is 2.21 bits per heavy atom. The van der Waals surface area contributed by atoms with Gasteiger partial charge >= 0.3 is 0 Å². The highest BCUT2D eigenvalue weighted by molar-refractivity contribution is 6.32. The molecular formula is C14H13ClN2O2. The number of nitrogens with zero attached hydrogens (tertiary/aromatic N) is 1. The van der Waals surface area contributed by atoms with Gasteiger partial charge in [0.1, 0.15) is 5.75 Å². The quantitative estimate of drug-likeness (QED) is 0.934. The molecule has 2 aromatic rings. The number of carbonyl (C=O) groups excluding carboxylic acids is 1. The van der Waals surface area contributed by atoms with Gasteiger partial charge in [0, 0.05) is 11.8 Å². The number of halogens is 1. The molecule has 0 aliphatic heterocycles. The van der Waals surface area contributed by atoms with Crippen LogP contribution in [0.1, 0.15) is 16.1 Å². The fourth-order valence-electron chi connectivity index (χ4n) is 1.58. The van der Waals surface area contributed by atoms with Gasteiger partial charge in [-0.2, -0.15) is 0 Å². The Morgan fingerprint density at radius 3 is 2.84 bits per heavy atom. The average molecular weight is 277 g/mol. The molecule has 0 atom stereocenters. The van der Waals surface area contributed by atoms with Crippen molar-refractivity contribution in [2.75, 3.05) is 7.11 Å². The van der Waals surface area contributed by atoms with Crippen LogP contribution in [-0.4, -0.2) is 18.0 Å². The van der Waals surface area contributed by atoms with Crippen LogP contribution < -0.4 is 10.1 Å². The van der Waals surface area contributed by atoms with Crippen LogP contribution in [-0.2, 0) is 6.54 Å². The molecule has 98 valence electrons. The van der Waals surface area contributed by atoms with Gasteiger partial charge in [-0.05, 0) is 30.3 Å². The Bertz CT molecular complexity index is 573. The van der Waals surface area contributed by atoms with Crippen molar-refractivity contribution in [1.82, 2.24) is 10.3 Å². The van der Waals surface area contributed by atoms with Gasteiger partial charge in [0.2, 0.25) is 0 Å². The van der Waals surface area contributed by atoms with E-state index in [9.17, 15) is 4.79 Å². The second kappa shape index (κ2) is 6.20. The fourth-order valence-corrected chi connectivity index (χ4v) is 1.84. The molecule has 1 heterocycles. The van der Waals surface area contributed by atoms with E-state index in [4.69, 9.17) is 16.3 Å². The molecule has 0 spiro atoms. The number of amides is 1. The molecule has 0 aliphatic carbocycles. The number of ether oxygens (including phenoxy) is 1. The van der Waals surface area contributed by atoms with Crippen LogP contribution in [0.3, 0.4) is 0 Å². The molecule has 0 bridgehead atoms. The number of aromatic nitrogens is 1. The summed E-state index contributed by atoms with van der Waals surface area (Å²) in [5.41, 5.74) is 1.29. The van der Waals surface area contributed by atoms with Crippen LogP contribution in [0.25, 0.3) is 0 Å². The van der Waals surface area contributed by atoms with Gasteiger partial charge in [-0.25, -0.2) is 0 Å². The largest absolute Gasteiger partial charge is 0.495 e. The third kappa shape index (κ3) is 3.45. The average Bonchev–Trinajstić information content (AvgIpc) is 2.45. The molecule has 0 aliphatic rings. The number of nitrogens with one attached hydrogen (secondary N) is 1. The zero-order chi connectivity index (χ0) is 13.7. The summed E-state index contributed by atoms with van der Waals surface area (Å²) in [7, 11) is 1.53. The zero-order valence-electron chi connectivity index (χ0n) is 10.4. The standard InChI is InChI=1S/C14H13ClN2O2/c1-19-13-6-5-10(8-12(13)15)14(18)17-9-11-4-2-3-7-16-11/h2-8H,9H2,1H3,(H,17,18). The lowest BCUT2D eigenvalue weighted by molar-refractivity contribution is 0.0950. The summed E-state index contributed by atoms with van der Waals surface area (Å²) in [5.74, 6) is 0.346. The van der Waals surface area contributed by atoms with Crippen molar-refractivity contribution >= 4 is 17.5 Å². The minimum Gasteiger partial charge on any atom is -0.495 e. The van der Waals surface area contributed by atoms with Crippen molar-refractivity contribution in [2.45, 2.75) is 6.54 Å². The number of methoxy groups -OCH3 is 1. The number of benzene rings is 1. The first kappa shape index (κ1) is 13.4. The summed E-state index contributed by atoms with van der Waals surface area (Å²) in [6.07, 6.45) is 1.69. The van der Waals surface area contributed by atoms with E-state index in [-0.39, 0.29) is 5.91 Å². The lowest BCUT2D eigenvalue weighted by Crippen LogP contribution is -2.23. The summed E-state index contributed by atoms with van der Waals surface area (Å²) < 4.78 is 5.04. The molecule has 1 amide bonds. The van der Waals surface area contributed by atoms with E-state index in [1.54, 1.807) is 24.4 Å². The molecular weight excluding hydrogens is 264 g/mol. The number of rotatable bonds is 4. The van der Waals surface area contributed by atoms with Crippen LogP contribution in [0.15, 0.2) is 42.6 Å². The predicted molar refractivity (Wildman–Crippen MR) is 73.4 cm³/mol. The van der Waals surface area contributed by atoms with Gasteiger partial charge in [-0.15, -0.1) is 0 Å². The fraction of sp³-hybridized carbons (Fsp3) is 0.143. The smallest absolute Gasteiger partial charge is 0.251 e. The van der Waals surface area contributed by atoms with Gasteiger partial charge in [-0.3, -0.25) is 9.78 Å². The van der Waals surface area contributed by atoms with Gasteiger partial charge in [-0.1, -0.05) is 17.7 Å². The third-order valence-corrected chi connectivity index (χ3v) is 2.87. The molecule has 19 heavy (non-hydrogen) atoms. The number of carbonyl (C=O) groups is 1. The molecule has 1 aromatic heterocycles. The van der Waals surface area contributed by atoms with Crippen LogP contribution in [0.4, 0.5) is 0 Å². The summed E-state index contributed by atoms with van der Waals surface area (Å²) >= 11 is 5.97. The summed E-state index contributed by atoms with van der Waals surface area (Å²) in [5, 5.41) is 3.19. The summed E-state index contributed by atoms with van der Waals surface area (Å²) in [6.45, 7) is 0.378. The topological polar surface area (TPSA) is 51.2 Å². The van der Waals surface area contributed by atoms with Crippen LogP contribution in [0.2, 0.25) is 5.02 Å². The Labute approximate surface area is 116 Å². The Hall–Kier alpha value is -2.07. The Morgan fingerprint density at radius 1 is 1.37 bits per heavy atom. The highest BCUT2D eigenvalue weighted by atomic mass is 35.5. The highest BCUT2D eigenvalue weighted by Crippen LogP contribution is 2.24. The summed E-state index contributed by atoms with van der Waals surface area (Å²) in [6, 6.07) is 10.5. The lowest BCUT2D eigenvalue weighted by Gasteiger charge is -2.07. The van der Waals surface area contributed by atoms with E-state index in [0.717, 1.165) is 5.69 Å². The van der Waals surface area contributed by atoms with E-state index in [2.05, 4.69) is 10.3 Å². The first-order valence-corrected chi connectivity index (χ1v) is 6.10. The first-order valence-electron chi connectivity index (χ1n) is 5.72. The van der Waals surface area contributed by atoms with Crippen molar-refractivity contribution in [3.8, 4) is 5.75 Å². The van der Waals surface area contributed by atoms with E-state index in [0.29, 0.717) is 22.9 Å². The predicted octanol–water partition coefficient (Wildman–Crippen LogP) is 2.67. The zero-order valence-corrected chi connectivity index (χ0v) is 11.1. The minimum absolute atomic E-state index is 0.199. The van der Waals surface area contributed by atoms with Crippen LogP contribution in [0.5, 0.6) is 5.75 Å². The summed E-state index contributed by atoms with van der Waals surface area (Å²) in [4.78, 5) is 16.1. The maximum Gasteiger partial charge on any atom is 0.251 e. The minimum atomic E-state index is -0.199. The third-order valence-electron chi connectivity index (χ3n) is 2.57. The SMILES string of the molecule is COc1ccc(C(=O)NCc2ccccn2)cc1Cl. The molecule has 1 N–H and O–H groups in total. The number of hydrogen-bond acceptors (Lipinski definition) is 3. The maximum absolute atomic E-state index is 11.9.